The van der Waals surface area contributed by atoms with E-state index in [1.54, 1.807) is 0 Å². The highest BCUT2D eigenvalue weighted by atomic mass is 16.3. The number of carbonyl (C=O) groups is 2. The predicted octanol–water partition coefficient (Wildman–Crippen LogP) is 3.38. The Kier molecular flexibility index (Phi) is 6.98. The molecule has 2 amide bonds. The maximum atomic E-state index is 12.5. The van der Waals surface area contributed by atoms with E-state index in [9.17, 15) is 19.8 Å². The minimum Gasteiger partial charge on any atom is -0.394 e. The van der Waals surface area contributed by atoms with Crippen LogP contribution in [-0.2, 0) is 9.59 Å². The Morgan fingerprint density at radius 1 is 0.606 bits per heavy atom. The zero-order valence-electron chi connectivity index (χ0n) is 18.1. The molecule has 0 fully saturated rings. The van der Waals surface area contributed by atoms with Crippen molar-refractivity contribution in [2.45, 2.75) is 18.5 Å². The van der Waals surface area contributed by atoms with Crippen LogP contribution in [0.1, 0.15) is 29.6 Å². The van der Waals surface area contributed by atoms with E-state index in [2.05, 4.69) is 10.6 Å². The Labute approximate surface area is 191 Å². The van der Waals surface area contributed by atoms with Gasteiger partial charge in [-0.3, -0.25) is 9.59 Å². The van der Waals surface area contributed by atoms with Gasteiger partial charge in [0.25, 0.3) is 0 Å². The Morgan fingerprint density at radius 3 is 1.39 bits per heavy atom. The smallest absolute Gasteiger partial charge is 0.229 e. The largest absolute Gasteiger partial charge is 0.394 e. The van der Waals surface area contributed by atoms with E-state index in [1.165, 1.54) is 0 Å². The Balaban J connectivity index is 1.39. The summed E-state index contributed by atoms with van der Waals surface area (Å²) in [6.45, 7) is -0.579. The van der Waals surface area contributed by atoms with Gasteiger partial charge in [0.05, 0.1) is 25.3 Å². The Morgan fingerprint density at radius 2 is 1.00 bits per heavy atom. The second-order valence-electron chi connectivity index (χ2n) is 8.00. The summed E-state index contributed by atoms with van der Waals surface area (Å²) in [4.78, 5) is 25.0. The lowest BCUT2D eigenvalue weighted by atomic mass is 10.0. The molecule has 0 heterocycles. The van der Waals surface area contributed by atoms with Crippen molar-refractivity contribution in [3.8, 4) is 0 Å². The molecule has 0 aliphatic rings. The van der Waals surface area contributed by atoms with Crippen molar-refractivity contribution in [2.75, 3.05) is 13.2 Å². The summed E-state index contributed by atoms with van der Waals surface area (Å²) in [5.41, 5.74) is 1.52. The van der Waals surface area contributed by atoms with Crippen LogP contribution in [0.3, 0.4) is 0 Å². The third-order valence-electron chi connectivity index (χ3n) is 5.71. The molecule has 0 saturated carbocycles. The van der Waals surface area contributed by atoms with Gasteiger partial charge in [-0.25, -0.2) is 0 Å². The molecule has 4 N–H and O–H groups in total. The van der Waals surface area contributed by atoms with E-state index >= 15 is 0 Å². The molecule has 4 rings (SSSR count). The zero-order valence-corrected chi connectivity index (χ0v) is 18.1. The number of aliphatic hydroxyl groups is 2. The number of hydrogen-bond donors (Lipinski definition) is 4. The van der Waals surface area contributed by atoms with Gasteiger partial charge in [-0.05, 0) is 44.8 Å². The molecule has 33 heavy (non-hydrogen) atoms. The van der Waals surface area contributed by atoms with Crippen LogP contribution in [0.2, 0.25) is 0 Å². The van der Waals surface area contributed by atoms with Crippen molar-refractivity contribution in [3.63, 3.8) is 0 Å². The fourth-order valence-electron chi connectivity index (χ4n) is 3.95. The zero-order chi connectivity index (χ0) is 23.2. The first kappa shape index (κ1) is 22.5. The van der Waals surface area contributed by atoms with Crippen molar-refractivity contribution < 1.29 is 19.8 Å². The van der Waals surface area contributed by atoms with Crippen LogP contribution >= 0.6 is 0 Å². The fourth-order valence-corrected chi connectivity index (χ4v) is 3.95. The van der Waals surface area contributed by atoms with E-state index in [0.29, 0.717) is 0 Å². The molecular weight excluding hydrogens is 416 g/mol. The van der Waals surface area contributed by atoms with Gasteiger partial charge in [-0.15, -0.1) is 0 Å². The molecular formula is C27H26N2O4. The van der Waals surface area contributed by atoms with Gasteiger partial charge in [0.2, 0.25) is 11.8 Å². The van der Waals surface area contributed by atoms with Crippen LogP contribution in [0.4, 0.5) is 0 Å². The number of rotatable bonds is 8. The molecule has 0 radical (unpaired) electrons. The third kappa shape index (κ3) is 5.37. The second kappa shape index (κ2) is 10.3. The maximum Gasteiger partial charge on any atom is 0.229 e. The average molecular weight is 443 g/mol. The molecule has 0 bridgehead atoms. The van der Waals surface area contributed by atoms with Crippen LogP contribution in [0.15, 0.2) is 84.9 Å². The molecule has 0 aromatic heterocycles. The van der Waals surface area contributed by atoms with Crippen molar-refractivity contribution in [3.05, 3.63) is 96.1 Å². The van der Waals surface area contributed by atoms with Gasteiger partial charge >= 0.3 is 0 Å². The van der Waals surface area contributed by atoms with Crippen molar-refractivity contribution >= 4 is 33.4 Å². The summed E-state index contributed by atoms with van der Waals surface area (Å²) >= 11 is 0. The summed E-state index contributed by atoms with van der Waals surface area (Å²) in [5, 5.41) is 29.2. The normalized spacial score (nSPS) is 12.9. The van der Waals surface area contributed by atoms with Gasteiger partial charge in [-0.1, -0.05) is 72.8 Å². The van der Waals surface area contributed by atoms with Crippen LogP contribution in [0, 0.1) is 0 Å². The fraction of sp³-hybridized carbons (Fsp3) is 0.185. The SMILES string of the molecule is O=C(CC(=O)NC(CO)c1ccc2ccccc2c1)NC(CO)c1ccc2ccccc2c1. The predicted molar refractivity (Wildman–Crippen MR) is 128 cm³/mol. The van der Waals surface area contributed by atoms with Gasteiger partial charge in [0.15, 0.2) is 0 Å². The molecule has 2 unspecified atom stereocenters. The minimum absolute atomic E-state index is 0.290. The number of amides is 2. The van der Waals surface area contributed by atoms with E-state index in [-0.39, 0.29) is 13.2 Å². The maximum absolute atomic E-state index is 12.5. The minimum atomic E-state index is -0.621. The first-order valence-electron chi connectivity index (χ1n) is 10.8. The Hall–Kier alpha value is -3.74. The van der Waals surface area contributed by atoms with Gasteiger partial charge in [0.1, 0.15) is 6.42 Å². The third-order valence-corrected chi connectivity index (χ3v) is 5.71. The summed E-state index contributed by atoms with van der Waals surface area (Å²) in [5.74, 6) is -1.01. The van der Waals surface area contributed by atoms with Crippen LogP contribution in [0.25, 0.3) is 21.5 Å². The van der Waals surface area contributed by atoms with Crippen LogP contribution in [-0.4, -0.2) is 35.2 Å². The van der Waals surface area contributed by atoms with Gasteiger partial charge in [-0.2, -0.15) is 0 Å². The standard InChI is InChI=1S/C27H26N2O4/c30-16-24(22-11-9-18-5-1-3-7-20(18)13-22)28-26(32)15-27(33)29-25(17-31)23-12-10-19-6-2-4-8-21(19)14-23/h1-14,24-25,30-31H,15-17H2,(H,28,32)(H,29,33). The molecule has 0 aliphatic carbocycles. The number of benzene rings is 4. The monoisotopic (exact) mass is 442 g/mol. The first-order valence-corrected chi connectivity index (χ1v) is 10.8. The molecule has 6 heteroatoms. The van der Waals surface area contributed by atoms with Crippen LogP contribution < -0.4 is 10.6 Å². The molecule has 0 spiro atoms. The number of carbonyl (C=O) groups excluding carboxylic acids is 2. The number of fused-ring (bicyclic) bond motifs is 2. The van der Waals surface area contributed by atoms with Crippen molar-refractivity contribution in [1.29, 1.82) is 0 Å². The highest BCUT2D eigenvalue weighted by Gasteiger charge is 2.19. The average Bonchev–Trinajstić information content (AvgIpc) is 2.85. The highest BCUT2D eigenvalue weighted by molar-refractivity contribution is 5.97. The first-order chi connectivity index (χ1) is 16.1. The number of nitrogens with one attached hydrogen (secondary N) is 2. The molecule has 4 aromatic carbocycles. The van der Waals surface area contributed by atoms with Crippen molar-refractivity contribution in [2.24, 2.45) is 0 Å². The quantitative estimate of drug-likeness (QED) is 0.315. The molecule has 0 aliphatic heterocycles. The van der Waals surface area contributed by atoms with Crippen LogP contribution in [0.5, 0.6) is 0 Å². The van der Waals surface area contributed by atoms with Gasteiger partial charge in [0, 0.05) is 0 Å². The summed E-state index contributed by atoms with van der Waals surface area (Å²) < 4.78 is 0. The molecule has 2 atom stereocenters. The molecule has 6 nitrogen and oxygen atoms in total. The molecule has 4 aromatic rings. The topological polar surface area (TPSA) is 98.7 Å². The van der Waals surface area contributed by atoms with Gasteiger partial charge < -0.3 is 20.8 Å². The van der Waals surface area contributed by atoms with E-state index in [1.807, 2.05) is 84.9 Å². The Bertz CT molecular complexity index is 1190. The van der Waals surface area contributed by atoms with Crippen molar-refractivity contribution in [1.82, 2.24) is 10.6 Å². The lowest BCUT2D eigenvalue weighted by Crippen LogP contribution is -2.37. The number of aliphatic hydroxyl groups excluding tert-OH is 2. The lowest BCUT2D eigenvalue weighted by Gasteiger charge is -2.19. The number of hydrogen-bond acceptors (Lipinski definition) is 4. The van der Waals surface area contributed by atoms with E-state index in [0.717, 1.165) is 32.7 Å². The second-order valence-corrected chi connectivity index (χ2v) is 8.00. The van der Waals surface area contributed by atoms with E-state index in [4.69, 9.17) is 0 Å². The lowest BCUT2D eigenvalue weighted by molar-refractivity contribution is -0.130. The van der Waals surface area contributed by atoms with E-state index < -0.39 is 30.3 Å². The molecule has 0 saturated heterocycles. The summed E-state index contributed by atoms with van der Waals surface area (Å²) in [6, 6.07) is 25.8. The molecule has 168 valence electrons. The summed E-state index contributed by atoms with van der Waals surface area (Å²) in [7, 11) is 0. The summed E-state index contributed by atoms with van der Waals surface area (Å²) in [6.07, 6.45) is -0.409. The highest BCUT2D eigenvalue weighted by Crippen LogP contribution is 2.22.